The van der Waals surface area contributed by atoms with Crippen LogP contribution >= 0.6 is 0 Å². The number of hydrogen-bond donors (Lipinski definition) is 1. The Morgan fingerprint density at radius 1 is 1.17 bits per heavy atom. The number of aryl methyl sites for hydroxylation is 2. The maximum Gasteiger partial charge on any atom is 0.271 e. The van der Waals surface area contributed by atoms with Crippen LogP contribution in [-0.4, -0.2) is 42.8 Å². The molecule has 1 N–H and O–H groups in total. The molecule has 1 aliphatic heterocycles. The zero-order valence-corrected chi connectivity index (χ0v) is 17.3. The zero-order chi connectivity index (χ0) is 21.3. The predicted molar refractivity (Wildman–Crippen MR) is 111 cm³/mol. The van der Waals surface area contributed by atoms with Gasteiger partial charge in [0.15, 0.2) is 0 Å². The maximum absolute atomic E-state index is 13.0. The fourth-order valence-electron chi connectivity index (χ4n) is 3.59. The van der Waals surface area contributed by atoms with Gasteiger partial charge in [0.05, 0.1) is 30.2 Å². The summed E-state index contributed by atoms with van der Waals surface area (Å²) in [7, 11) is 0. The molecule has 1 aromatic carbocycles. The molecule has 0 saturated carbocycles. The van der Waals surface area contributed by atoms with Crippen LogP contribution in [0.25, 0.3) is 0 Å². The van der Waals surface area contributed by atoms with Gasteiger partial charge in [-0.2, -0.15) is 0 Å². The molecule has 4 rings (SSSR count). The highest BCUT2D eigenvalue weighted by molar-refractivity contribution is 5.95. The average molecular weight is 404 g/mol. The van der Waals surface area contributed by atoms with Crippen molar-refractivity contribution >= 4 is 11.8 Å². The smallest absolute Gasteiger partial charge is 0.271 e. The van der Waals surface area contributed by atoms with Gasteiger partial charge in [-0.3, -0.25) is 19.6 Å². The van der Waals surface area contributed by atoms with E-state index in [1.807, 2.05) is 49.6 Å². The van der Waals surface area contributed by atoms with E-state index >= 15 is 0 Å². The second kappa shape index (κ2) is 8.06. The Balaban J connectivity index is 1.47. The normalized spacial score (nSPS) is 15.6. The molecule has 30 heavy (non-hydrogen) atoms. The summed E-state index contributed by atoms with van der Waals surface area (Å²) in [4.78, 5) is 40.3. The summed E-state index contributed by atoms with van der Waals surface area (Å²) >= 11 is 0. The first-order chi connectivity index (χ1) is 14.4. The second-order valence-corrected chi connectivity index (χ2v) is 7.55. The van der Waals surface area contributed by atoms with Crippen molar-refractivity contribution in [2.24, 2.45) is 0 Å². The van der Waals surface area contributed by atoms with E-state index in [-0.39, 0.29) is 24.4 Å². The summed E-state index contributed by atoms with van der Waals surface area (Å²) in [5, 5.41) is 2.83. The van der Waals surface area contributed by atoms with Crippen LogP contribution in [0.15, 0.2) is 42.9 Å². The Kier molecular flexibility index (Phi) is 5.31. The van der Waals surface area contributed by atoms with Crippen molar-refractivity contribution in [3.63, 3.8) is 0 Å². The monoisotopic (exact) mass is 404 g/mol. The molecule has 0 fully saturated rings. The standard InChI is InChI=1S/C22H24N6O2/c1-14-5-4-6-17(9-14)22(30)28-8-7-27-13-19(26-20(27)16(28)3)21(29)25-12-18-11-23-15(2)10-24-18/h4-6,9-11,13,16H,7-8,12H2,1-3H3,(H,25,29)/t16-/m1/s1. The van der Waals surface area contributed by atoms with Crippen LogP contribution in [0.4, 0.5) is 0 Å². The van der Waals surface area contributed by atoms with Crippen LogP contribution in [-0.2, 0) is 13.1 Å². The fourth-order valence-corrected chi connectivity index (χ4v) is 3.59. The topological polar surface area (TPSA) is 93.0 Å². The van der Waals surface area contributed by atoms with Crippen LogP contribution in [0.1, 0.15) is 56.6 Å². The van der Waals surface area contributed by atoms with Crippen molar-refractivity contribution in [2.75, 3.05) is 6.54 Å². The molecule has 0 aliphatic carbocycles. The highest BCUT2D eigenvalue weighted by Crippen LogP contribution is 2.26. The first-order valence-electron chi connectivity index (χ1n) is 9.93. The third kappa shape index (κ3) is 3.94. The Morgan fingerprint density at radius 2 is 2.00 bits per heavy atom. The van der Waals surface area contributed by atoms with Gasteiger partial charge >= 0.3 is 0 Å². The van der Waals surface area contributed by atoms with Crippen LogP contribution in [0, 0.1) is 13.8 Å². The molecule has 0 bridgehead atoms. The van der Waals surface area contributed by atoms with E-state index in [1.165, 1.54) is 0 Å². The van der Waals surface area contributed by atoms with E-state index in [0.717, 1.165) is 11.3 Å². The Morgan fingerprint density at radius 3 is 2.73 bits per heavy atom. The molecule has 2 amide bonds. The summed E-state index contributed by atoms with van der Waals surface area (Å²) in [6.07, 6.45) is 5.06. The molecule has 8 heteroatoms. The van der Waals surface area contributed by atoms with E-state index in [2.05, 4.69) is 20.3 Å². The molecular formula is C22H24N6O2. The number of rotatable bonds is 4. The molecule has 2 aromatic heterocycles. The van der Waals surface area contributed by atoms with Gasteiger partial charge in [0, 0.05) is 31.0 Å². The lowest BCUT2D eigenvalue weighted by molar-refractivity contribution is 0.0637. The number of nitrogens with zero attached hydrogens (tertiary/aromatic N) is 5. The quantitative estimate of drug-likeness (QED) is 0.721. The molecule has 3 aromatic rings. The van der Waals surface area contributed by atoms with E-state index in [1.54, 1.807) is 23.5 Å². The molecule has 8 nitrogen and oxygen atoms in total. The number of nitrogens with one attached hydrogen (secondary N) is 1. The second-order valence-electron chi connectivity index (χ2n) is 7.55. The molecule has 154 valence electrons. The van der Waals surface area contributed by atoms with Crippen molar-refractivity contribution < 1.29 is 9.59 Å². The molecule has 0 spiro atoms. The minimum absolute atomic E-state index is 0.0237. The van der Waals surface area contributed by atoms with Crippen LogP contribution in [0.2, 0.25) is 0 Å². The van der Waals surface area contributed by atoms with Gasteiger partial charge in [0.25, 0.3) is 11.8 Å². The Hall–Kier alpha value is -3.55. The van der Waals surface area contributed by atoms with E-state index in [0.29, 0.717) is 35.9 Å². The van der Waals surface area contributed by atoms with Gasteiger partial charge in [0.2, 0.25) is 0 Å². The minimum atomic E-state index is -0.275. The minimum Gasteiger partial charge on any atom is -0.345 e. The van der Waals surface area contributed by atoms with Gasteiger partial charge < -0.3 is 14.8 Å². The number of benzene rings is 1. The summed E-state index contributed by atoms with van der Waals surface area (Å²) in [5.74, 6) is 0.412. The number of carbonyl (C=O) groups excluding carboxylic acids is 2. The predicted octanol–water partition coefficient (Wildman–Crippen LogP) is 2.44. The fraction of sp³-hybridized carbons (Fsp3) is 0.318. The molecule has 1 atom stereocenters. The first kappa shape index (κ1) is 19.8. The SMILES string of the molecule is Cc1cccc(C(=O)N2CCn3cc(C(=O)NCc4cnc(C)cn4)nc3[C@H]2C)c1. The lowest BCUT2D eigenvalue weighted by Crippen LogP contribution is -2.41. The van der Waals surface area contributed by atoms with Gasteiger partial charge in [-0.05, 0) is 32.9 Å². The van der Waals surface area contributed by atoms with E-state index in [4.69, 9.17) is 0 Å². The van der Waals surface area contributed by atoms with E-state index in [9.17, 15) is 9.59 Å². The summed E-state index contributed by atoms with van der Waals surface area (Å²) in [5.41, 5.74) is 3.55. The van der Waals surface area contributed by atoms with Crippen LogP contribution < -0.4 is 5.32 Å². The summed E-state index contributed by atoms with van der Waals surface area (Å²) in [6.45, 7) is 7.21. The largest absolute Gasteiger partial charge is 0.345 e. The lowest BCUT2D eigenvalue weighted by atomic mass is 10.1. The molecule has 0 radical (unpaired) electrons. The van der Waals surface area contributed by atoms with Crippen LogP contribution in [0.5, 0.6) is 0 Å². The number of fused-ring (bicyclic) bond motifs is 1. The summed E-state index contributed by atoms with van der Waals surface area (Å²) in [6, 6.07) is 7.35. The molecule has 3 heterocycles. The van der Waals surface area contributed by atoms with Gasteiger partial charge in [-0.1, -0.05) is 17.7 Å². The van der Waals surface area contributed by atoms with Crippen molar-refractivity contribution in [3.05, 3.63) is 76.9 Å². The lowest BCUT2D eigenvalue weighted by Gasteiger charge is -2.33. The van der Waals surface area contributed by atoms with E-state index < -0.39 is 0 Å². The first-order valence-corrected chi connectivity index (χ1v) is 9.93. The number of amides is 2. The maximum atomic E-state index is 13.0. The van der Waals surface area contributed by atoms with Gasteiger partial charge in [-0.25, -0.2) is 4.98 Å². The van der Waals surface area contributed by atoms with Crippen molar-refractivity contribution in [3.8, 4) is 0 Å². The number of imidazole rings is 1. The Labute approximate surface area is 175 Å². The average Bonchev–Trinajstić information content (AvgIpc) is 3.18. The van der Waals surface area contributed by atoms with Gasteiger partial charge in [-0.15, -0.1) is 0 Å². The summed E-state index contributed by atoms with van der Waals surface area (Å²) < 4.78 is 1.95. The molecule has 0 unspecified atom stereocenters. The van der Waals surface area contributed by atoms with Crippen LogP contribution in [0.3, 0.4) is 0 Å². The molecule has 0 saturated heterocycles. The molecular weight excluding hydrogens is 380 g/mol. The molecule has 1 aliphatic rings. The van der Waals surface area contributed by atoms with Crippen molar-refractivity contribution in [1.82, 2.24) is 29.7 Å². The third-order valence-corrected chi connectivity index (χ3v) is 5.25. The Bertz CT molecular complexity index is 1090. The zero-order valence-electron chi connectivity index (χ0n) is 17.3. The number of hydrogen-bond acceptors (Lipinski definition) is 5. The highest BCUT2D eigenvalue weighted by Gasteiger charge is 2.31. The van der Waals surface area contributed by atoms with Gasteiger partial charge in [0.1, 0.15) is 11.5 Å². The number of carbonyl (C=O) groups is 2. The van der Waals surface area contributed by atoms with Crippen molar-refractivity contribution in [1.29, 1.82) is 0 Å². The third-order valence-electron chi connectivity index (χ3n) is 5.25. The highest BCUT2D eigenvalue weighted by atomic mass is 16.2. The van der Waals surface area contributed by atoms with Crippen molar-refractivity contribution in [2.45, 2.75) is 39.9 Å². The number of aromatic nitrogens is 4.